The molecule has 0 spiro atoms. The van der Waals surface area contributed by atoms with E-state index >= 15 is 0 Å². The third kappa shape index (κ3) is 1.89. The number of nitrogens with one attached hydrogen (secondary N) is 1. The SMILES string of the molecule is CCC1(CC)C(=O)NC(=O)N(c2cccnc2)C1=O. The summed E-state index contributed by atoms with van der Waals surface area (Å²) < 4.78 is 0. The number of hydrogen-bond donors (Lipinski definition) is 1. The lowest BCUT2D eigenvalue weighted by atomic mass is 9.78. The summed E-state index contributed by atoms with van der Waals surface area (Å²) in [7, 11) is 0. The average molecular weight is 261 g/mol. The number of anilines is 1. The van der Waals surface area contributed by atoms with Crippen molar-refractivity contribution in [1.82, 2.24) is 10.3 Å². The molecule has 100 valence electrons. The van der Waals surface area contributed by atoms with Crippen molar-refractivity contribution < 1.29 is 14.4 Å². The van der Waals surface area contributed by atoms with Crippen molar-refractivity contribution in [3.63, 3.8) is 0 Å². The van der Waals surface area contributed by atoms with Gasteiger partial charge in [0.05, 0.1) is 11.9 Å². The number of rotatable bonds is 3. The summed E-state index contributed by atoms with van der Waals surface area (Å²) in [5.41, 5.74) is -0.812. The lowest BCUT2D eigenvalue weighted by Gasteiger charge is -2.37. The second-order valence-electron chi connectivity index (χ2n) is 4.40. The fraction of sp³-hybridized carbons (Fsp3) is 0.385. The van der Waals surface area contributed by atoms with Crippen molar-refractivity contribution in [1.29, 1.82) is 0 Å². The zero-order chi connectivity index (χ0) is 14.0. The molecule has 1 aromatic heterocycles. The Morgan fingerprint density at radius 3 is 2.47 bits per heavy atom. The number of carbonyl (C=O) groups excluding carboxylic acids is 3. The van der Waals surface area contributed by atoms with E-state index < -0.39 is 23.3 Å². The van der Waals surface area contributed by atoms with Gasteiger partial charge in [-0.3, -0.25) is 19.9 Å². The molecule has 1 saturated heterocycles. The van der Waals surface area contributed by atoms with E-state index in [9.17, 15) is 14.4 Å². The normalized spacial score (nSPS) is 18.4. The fourth-order valence-electron chi connectivity index (χ4n) is 2.27. The van der Waals surface area contributed by atoms with E-state index in [2.05, 4.69) is 10.3 Å². The van der Waals surface area contributed by atoms with E-state index in [0.717, 1.165) is 4.90 Å². The van der Waals surface area contributed by atoms with Crippen molar-refractivity contribution in [2.45, 2.75) is 26.7 Å². The van der Waals surface area contributed by atoms with Crippen LogP contribution in [0.25, 0.3) is 0 Å². The average Bonchev–Trinajstić information content (AvgIpc) is 2.41. The van der Waals surface area contributed by atoms with Crippen LogP contribution in [0.2, 0.25) is 0 Å². The molecular weight excluding hydrogens is 246 g/mol. The molecule has 4 amide bonds. The summed E-state index contributed by atoms with van der Waals surface area (Å²) >= 11 is 0. The van der Waals surface area contributed by atoms with Gasteiger partial charge in [0.1, 0.15) is 5.41 Å². The smallest absolute Gasteiger partial charge is 0.276 e. The van der Waals surface area contributed by atoms with Crippen LogP contribution in [0.1, 0.15) is 26.7 Å². The van der Waals surface area contributed by atoms with E-state index in [4.69, 9.17) is 0 Å². The molecule has 0 aromatic carbocycles. The topological polar surface area (TPSA) is 79.4 Å². The largest absolute Gasteiger partial charge is 0.335 e. The molecule has 1 fully saturated rings. The Balaban J connectivity index is 2.48. The van der Waals surface area contributed by atoms with Crippen LogP contribution < -0.4 is 10.2 Å². The number of barbiturate groups is 1. The van der Waals surface area contributed by atoms with E-state index in [0.29, 0.717) is 18.5 Å². The first-order valence-electron chi connectivity index (χ1n) is 6.16. The first kappa shape index (κ1) is 13.2. The molecule has 1 aliphatic heterocycles. The van der Waals surface area contributed by atoms with Gasteiger partial charge in [-0.05, 0) is 25.0 Å². The summed E-state index contributed by atoms with van der Waals surface area (Å²) in [5.74, 6) is -1.01. The predicted octanol–water partition coefficient (Wildman–Crippen LogP) is 1.47. The molecule has 2 rings (SSSR count). The maximum absolute atomic E-state index is 12.5. The van der Waals surface area contributed by atoms with Gasteiger partial charge in [-0.1, -0.05) is 13.8 Å². The monoisotopic (exact) mass is 261 g/mol. The fourth-order valence-corrected chi connectivity index (χ4v) is 2.27. The number of pyridine rings is 1. The van der Waals surface area contributed by atoms with E-state index in [1.807, 2.05) is 0 Å². The summed E-state index contributed by atoms with van der Waals surface area (Å²) in [6.45, 7) is 3.52. The Kier molecular flexibility index (Phi) is 3.33. The van der Waals surface area contributed by atoms with Gasteiger partial charge in [-0.25, -0.2) is 9.69 Å². The molecule has 6 nitrogen and oxygen atoms in total. The number of imide groups is 2. The van der Waals surface area contributed by atoms with Crippen LogP contribution in [0, 0.1) is 5.41 Å². The van der Waals surface area contributed by atoms with Gasteiger partial charge in [-0.2, -0.15) is 0 Å². The highest BCUT2D eigenvalue weighted by molar-refractivity contribution is 6.29. The van der Waals surface area contributed by atoms with Crippen molar-refractivity contribution in [2.24, 2.45) is 5.41 Å². The molecule has 6 heteroatoms. The number of urea groups is 1. The third-order valence-electron chi connectivity index (χ3n) is 3.58. The lowest BCUT2D eigenvalue weighted by Crippen LogP contribution is -2.64. The maximum atomic E-state index is 12.5. The third-order valence-corrected chi connectivity index (χ3v) is 3.58. The molecule has 0 atom stereocenters. The Morgan fingerprint density at radius 2 is 1.95 bits per heavy atom. The maximum Gasteiger partial charge on any atom is 0.335 e. The summed E-state index contributed by atoms with van der Waals surface area (Å²) in [4.78, 5) is 41.3. The Labute approximate surface area is 110 Å². The molecule has 1 N–H and O–H groups in total. The van der Waals surface area contributed by atoms with Crippen LogP contribution in [0.3, 0.4) is 0 Å². The van der Waals surface area contributed by atoms with E-state index in [-0.39, 0.29) is 0 Å². The molecule has 0 aliphatic carbocycles. The molecule has 1 aliphatic rings. The standard InChI is InChI=1S/C13H15N3O3/c1-3-13(4-2)10(17)15-12(19)16(11(13)18)9-6-5-7-14-8-9/h5-8H,3-4H2,1-2H3,(H,15,17,19). The second kappa shape index (κ2) is 4.79. The number of hydrogen-bond acceptors (Lipinski definition) is 4. The van der Waals surface area contributed by atoms with Gasteiger partial charge in [0, 0.05) is 6.20 Å². The molecule has 0 saturated carbocycles. The van der Waals surface area contributed by atoms with Crippen LogP contribution in [-0.4, -0.2) is 22.8 Å². The highest BCUT2D eigenvalue weighted by Crippen LogP contribution is 2.34. The van der Waals surface area contributed by atoms with Crippen LogP contribution in [-0.2, 0) is 9.59 Å². The summed E-state index contributed by atoms with van der Waals surface area (Å²) in [6.07, 6.45) is 3.66. The molecule has 0 unspecified atom stereocenters. The second-order valence-corrected chi connectivity index (χ2v) is 4.40. The Bertz CT molecular complexity index is 523. The van der Waals surface area contributed by atoms with Gasteiger partial charge < -0.3 is 0 Å². The minimum Gasteiger partial charge on any atom is -0.276 e. The van der Waals surface area contributed by atoms with Crippen molar-refractivity contribution >= 4 is 23.5 Å². The van der Waals surface area contributed by atoms with Crippen LogP contribution in [0.4, 0.5) is 10.5 Å². The first-order valence-corrected chi connectivity index (χ1v) is 6.16. The molecule has 1 aromatic rings. The number of amides is 4. The molecular formula is C13H15N3O3. The molecule has 19 heavy (non-hydrogen) atoms. The zero-order valence-corrected chi connectivity index (χ0v) is 10.8. The molecule has 2 heterocycles. The zero-order valence-electron chi connectivity index (χ0n) is 10.8. The molecule has 0 bridgehead atoms. The Hall–Kier alpha value is -2.24. The number of nitrogens with zero attached hydrogens (tertiary/aromatic N) is 2. The van der Waals surface area contributed by atoms with E-state index in [1.165, 1.54) is 6.20 Å². The van der Waals surface area contributed by atoms with Gasteiger partial charge in [0.25, 0.3) is 5.91 Å². The highest BCUT2D eigenvalue weighted by Gasteiger charge is 2.51. The first-order chi connectivity index (χ1) is 9.06. The molecule has 0 radical (unpaired) electrons. The van der Waals surface area contributed by atoms with E-state index in [1.54, 1.807) is 32.2 Å². The van der Waals surface area contributed by atoms with Gasteiger partial charge >= 0.3 is 6.03 Å². The summed E-state index contributed by atoms with van der Waals surface area (Å²) in [6, 6.07) is 2.52. The van der Waals surface area contributed by atoms with Crippen molar-refractivity contribution in [2.75, 3.05) is 4.90 Å². The summed E-state index contributed by atoms with van der Waals surface area (Å²) in [5, 5.41) is 2.25. The Morgan fingerprint density at radius 1 is 1.26 bits per heavy atom. The minimum atomic E-state index is -1.18. The van der Waals surface area contributed by atoms with Gasteiger partial charge in [0.2, 0.25) is 5.91 Å². The number of carbonyl (C=O) groups is 3. The highest BCUT2D eigenvalue weighted by atomic mass is 16.2. The van der Waals surface area contributed by atoms with Crippen LogP contribution in [0.5, 0.6) is 0 Å². The van der Waals surface area contributed by atoms with Crippen LogP contribution in [0.15, 0.2) is 24.5 Å². The van der Waals surface area contributed by atoms with Gasteiger partial charge in [-0.15, -0.1) is 0 Å². The number of aromatic nitrogens is 1. The van der Waals surface area contributed by atoms with Gasteiger partial charge in [0.15, 0.2) is 0 Å². The quantitative estimate of drug-likeness (QED) is 0.835. The lowest BCUT2D eigenvalue weighted by molar-refractivity contribution is -0.143. The van der Waals surface area contributed by atoms with Crippen LogP contribution >= 0.6 is 0 Å². The minimum absolute atomic E-state index is 0.345. The van der Waals surface area contributed by atoms with Crippen molar-refractivity contribution in [3.05, 3.63) is 24.5 Å². The predicted molar refractivity (Wildman–Crippen MR) is 68.3 cm³/mol. The van der Waals surface area contributed by atoms with Crippen molar-refractivity contribution in [3.8, 4) is 0 Å².